The van der Waals surface area contributed by atoms with Gasteiger partial charge in [0.1, 0.15) is 17.9 Å². The van der Waals surface area contributed by atoms with E-state index in [0.717, 1.165) is 31.7 Å². The molecule has 1 fully saturated rings. The van der Waals surface area contributed by atoms with Crippen molar-refractivity contribution in [3.63, 3.8) is 0 Å². The predicted molar refractivity (Wildman–Crippen MR) is 76.1 cm³/mol. The highest BCUT2D eigenvalue weighted by Gasteiger charge is 2.23. The molecule has 1 atom stereocenters. The van der Waals surface area contributed by atoms with Gasteiger partial charge in [-0.05, 0) is 38.3 Å². The smallest absolute Gasteiger partial charge is 0.137 e. The van der Waals surface area contributed by atoms with E-state index >= 15 is 0 Å². The van der Waals surface area contributed by atoms with Gasteiger partial charge in [-0.15, -0.1) is 0 Å². The second kappa shape index (κ2) is 6.58. The number of benzene rings is 1. The second-order valence-corrected chi connectivity index (χ2v) is 5.22. The number of para-hydroxylation sites is 1. The molecule has 0 bridgehead atoms. The van der Waals surface area contributed by atoms with Crippen molar-refractivity contribution in [2.24, 2.45) is 0 Å². The topological polar surface area (TPSA) is 36.3 Å². The van der Waals surface area contributed by atoms with Crippen LogP contribution in [-0.2, 0) is 0 Å². The van der Waals surface area contributed by atoms with Gasteiger partial charge in [0.15, 0.2) is 0 Å². The maximum atomic E-state index is 9.06. The SMILES string of the molecule is CCC(C)N1CCC(Oc2ccccc2C#N)CC1. The van der Waals surface area contributed by atoms with Crippen molar-refractivity contribution in [3.05, 3.63) is 29.8 Å². The van der Waals surface area contributed by atoms with Crippen molar-refractivity contribution >= 4 is 0 Å². The van der Waals surface area contributed by atoms with Gasteiger partial charge in [0.2, 0.25) is 0 Å². The summed E-state index contributed by atoms with van der Waals surface area (Å²) in [5, 5.41) is 9.06. The molecular formula is C16H22N2O. The Morgan fingerprint density at radius 2 is 2.05 bits per heavy atom. The van der Waals surface area contributed by atoms with E-state index in [2.05, 4.69) is 24.8 Å². The molecule has 0 aromatic heterocycles. The molecule has 1 unspecified atom stereocenters. The molecule has 0 N–H and O–H groups in total. The summed E-state index contributed by atoms with van der Waals surface area (Å²) in [6, 6.07) is 10.3. The average Bonchev–Trinajstić information content (AvgIpc) is 2.48. The largest absolute Gasteiger partial charge is 0.489 e. The maximum absolute atomic E-state index is 9.06. The highest BCUT2D eigenvalue weighted by molar-refractivity contribution is 5.42. The van der Waals surface area contributed by atoms with Crippen molar-refractivity contribution in [1.82, 2.24) is 4.90 Å². The van der Waals surface area contributed by atoms with E-state index in [1.54, 1.807) is 0 Å². The minimum Gasteiger partial charge on any atom is -0.489 e. The number of nitriles is 1. The van der Waals surface area contributed by atoms with Gasteiger partial charge < -0.3 is 9.64 Å². The molecule has 0 radical (unpaired) electrons. The lowest BCUT2D eigenvalue weighted by Crippen LogP contribution is -2.42. The Hall–Kier alpha value is -1.53. The maximum Gasteiger partial charge on any atom is 0.137 e. The fourth-order valence-electron chi connectivity index (χ4n) is 2.53. The highest BCUT2D eigenvalue weighted by Crippen LogP contribution is 2.23. The van der Waals surface area contributed by atoms with E-state index in [9.17, 15) is 0 Å². The van der Waals surface area contributed by atoms with Crippen molar-refractivity contribution in [2.75, 3.05) is 13.1 Å². The zero-order valence-corrected chi connectivity index (χ0v) is 11.8. The second-order valence-electron chi connectivity index (χ2n) is 5.22. The van der Waals surface area contributed by atoms with Gasteiger partial charge in [-0.2, -0.15) is 5.26 Å². The number of nitrogens with zero attached hydrogens (tertiary/aromatic N) is 2. The van der Waals surface area contributed by atoms with Gasteiger partial charge in [0.25, 0.3) is 0 Å². The Balaban J connectivity index is 1.91. The lowest BCUT2D eigenvalue weighted by atomic mass is 10.0. The van der Waals surface area contributed by atoms with Gasteiger partial charge >= 0.3 is 0 Å². The third kappa shape index (κ3) is 3.48. The fraction of sp³-hybridized carbons (Fsp3) is 0.562. The van der Waals surface area contributed by atoms with E-state index in [0.29, 0.717) is 11.6 Å². The molecule has 1 aliphatic rings. The Morgan fingerprint density at radius 1 is 1.37 bits per heavy atom. The van der Waals surface area contributed by atoms with Crippen LogP contribution < -0.4 is 4.74 Å². The molecular weight excluding hydrogens is 236 g/mol. The highest BCUT2D eigenvalue weighted by atomic mass is 16.5. The normalized spacial score (nSPS) is 18.8. The Morgan fingerprint density at radius 3 is 2.68 bits per heavy atom. The van der Waals surface area contributed by atoms with Crippen molar-refractivity contribution in [1.29, 1.82) is 5.26 Å². The van der Waals surface area contributed by atoms with Crippen molar-refractivity contribution < 1.29 is 4.74 Å². The number of likely N-dealkylation sites (tertiary alicyclic amines) is 1. The summed E-state index contributed by atoms with van der Waals surface area (Å²) >= 11 is 0. The molecule has 3 nitrogen and oxygen atoms in total. The van der Waals surface area contributed by atoms with Crippen molar-refractivity contribution in [2.45, 2.75) is 45.3 Å². The van der Waals surface area contributed by atoms with Crippen LogP contribution in [0.2, 0.25) is 0 Å². The average molecular weight is 258 g/mol. The zero-order chi connectivity index (χ0) is 13.7. The monoisotopic (exact) mass is 258 g/mol. The molecule has 1 heterocycles. The zero-order valence-electron chi connectivity index (χ0n) is 11.8. The third-order valence-corrected chi connectivity index (χ3v) is 3.99. The van der Waals surface area contributed by atoms with Crippen LogP contribution >= 0.6 is 0 Å². The van der Waals surface area contributed by atoms with Gasteiger partial charge in [-0.1, -0.05) is 19.1 Å². The first-order valence-corrected chi connectivity index (χ1v) is 7.14. The summed E-state index contributed by atoms with van der Waals surface area (Å²) in [4.78, 5) is 2.52. The summed E-state index contributed by atoms with van der Waals surface area (Å²) in [5.74, 6) is 0.729. The predicted octanol–water partition coefficient (Wildman–Crippen LogP) is 3.20. The molecule has 0 amide bonds. The quantitative estimate of drug-likeness (QED) is 0.832. The first-order chi connectivity index (χ1) is 9.24. The van der Waals surface area contributed by atoms with Gasteiger partial charge in [-0.3, -0.25) is 0 Å². The number of piperidine rings is 1. The first-order valence-electron chi connectivity index (χ1n) is 7.14. The number of hydrogen-bond acceptors (Lipinski definition) is 3. The summed E-state index contributed by atoms with van der Waals surface area (Å²) < 4.78 is 5.99. The molecule has 0 saturated carbocycles. The van der Waals surface area contributed by atoms with Crippen LogP contribution in [0.1, 0.15) is 38.7 Å². The van der Waals surface area contributed by atoms with Crippen LogP contribution in [0.25, 0.3) is 0 Å². The fourth-order valence-corrected chi connectivity index (χ4v) is 2.53. The summed E-state index contributed by atoms with van der Waals surface area (Å²) in [6.45, 7) is 6.70. The van der Waals surface area contributed by atoms with Crippen LogP contribution in [0, 0.1) is 11.3 Å². The van der Waals surface area contributed by atoms with Crippen LogP contribution in [0.3, 0.4) is 0 Å². The van der Waals surface area contributed by atoms with Crippen LogP contribution in [0.4, 0.5) is 0 Å². The van der Waals surface area contributed by atoms with Crippen molar-refractivity contribution in [3.8, 4) is 11.8 Å². The van der Waals surface area contributed by atoms with Gasteiger partial charge in [-0.25, -0.2) is 0 Å². The lowest BCUT2D eigenvalue weighted by molar-refractivity contribution is 0.0786. The molecule has 0 aliphatic carbocycles. The van der Waals surface area contributed by atoms with E-state index < -0.39 is 0 Å². The van der Waals surface area contributed by atoms with Gasteiger partial charge in [0, 0.05) is 19.1 Å². The molecule has 1 aliphatic heterocycles. The Kier molecular flexibility index (Phi) is 4.81. The molecule has 102 valence electrons. The minimum absolute atomic E-state index is 0.245. The standard InChI is InChI=1S/C16H22N2O/c1-3-13(2)18-10-8-15(9-11-18)19-16-7-5-4-6-14(16)12-17/h4-7,13,15H,3,8-11H2,1-2H3. The van der Waals surface area contributed by atoms with E-state index in [4.69, 9.17) is 10.00 Å². The summed E-state index contributed by atoms with van der Waals surface area (Å²) in [5.41, 5.74) is 0.631. The molecule has 2 rings (SSSR count). The first kappa shape index (κ1) is 13.9. The molecule has 3 heteroatoms. The number of hydrogen-bond donors (Lipinski definition) is 0. The molecule has 1 saturated heterocycles. The number of rotatable bonds is 4. The lowest BCUT2D eigenvalue weighted by Gasteiger charge is -2.35. The Bertz CT molecular complexity index is 444. The number of ether oxygens (including phenoxy) is 1. The Labute approximate surface area is 115 Å². The summed E-state index contributed by atoms with van der Waals surface area (Å²) in [6.07, 6.45) is 3.53. The minimum atomic E-state index is 0.245. The molecule has 19 heavy (non-hydrogen) atoms. The summed E-state index contributed by atoms with van der Waals surface area (Å²) in [7, 11) is 0. The van der Waals surface area contributed by atoms with E-state index in [1.807, 2.05) is 24.3 Å². The molecule has 1 aromatic rings. The molecule has 0 spiro atoms. The third-order valence-electron chi connectivity index (χ3n) is 3.99. The van der Waals surface area contributed by atoms with Crippen LogP contribution in [-0.4, -0.2) is 30.1 Å². The van der Waals surface area contributed by atoms with Crippen LogP contribution in [0.15, 0.2) is 24.3 Å². The van der Waals surface area contributed by atoms with Crippen LogP contribution in [0.5, 0.6) is 5.75 Å². The van der Waals surface area contributed by atoms with Gasteiger partial charge in [0.05, 0.1) is 5.56 Å². The van der Waals surface area contributed by atoms with E-state index in [1.165, 1.54) is 6.42 Å². The van der Waals surface area contributed by atoms with E-state index in [-0.39, 0.29) is 6.10 Å². The molecule has 1 aromatic carbocycles.